The molecular weight excluding hydrogens is 238 g/mol. The summed E-state index contributed by atoms with van der Waals surface area (Å²) in [5.41, 5.74) is 5.70. The number of amides is 1. The van der Waals surface area contributed by atoms with E-state index in [1.54, 1.807) is 12.1 Å². The van der Waals surface area contributed by atoms with E-state index in [1.807, 2.05) is 0 Å². The first kappa shape index (κ1) is 13.8. The number of nitrogens with one attached hydrogen (secondary N) is 1. The third-order valence-electron chi connectivity index (χ3n) is 2.81. The zero-order chi connectivity index (χ0) is 13.0. The second-order valence-corrected chi connectivity index (χ2v) is 4.91. The van der Waals surface area contributed by atoms with Crippen LogP contribution in [0.5, 0.6) is 0 Å². The Morgan fingerprint density at radius 2 is 2.12 bits per heavy atom. The molecule has 1 heterocycles. The van der Waals surface area contributed by atoms with Gasteiger partial charge in [-0.15, -0.1) is 0 Å². The number of nitrogens with zero attached hydrogens (tertiary/aromatic N) is 1. The van der Waals surface area contributed by atoms with Crippen LogP contribution in [-0.2, 0) is 0 Å². The first-order valence-corrected chi connectivity index (χ1v) is 5.99. The van der Waals surface area contributed by atoms with Crippen molar-refractivity contribution in [3.05, 3.63) is 22.8 Å². The maximum atomic E-state index is 11.8. The van der Waals surface area contributed by atoms with Gasteiger partial charge in [0.25, 0.3) is 5.91 Å². The van der Waals surface area contributed by atoms with Crippen LogP contribution in [0, 0.1) is 11.8 Å². The molecule has 0 aromatic carbocycles. The van der Waals surface area contributed by atoms with Gasteiger partial charge in [-0.25, -0.2) is 4.98 Å². The molecule has 0 bridgehead atoms. The molecule has 0 radical (unpaired) electrons. The number of carbonyl (C=O) groups is 1. The molecule has 1 aromatic rings. The van der Waals surface area contributed by atoms with Gasteiger partial charge in [-0.1, -0.05) is 32.4 Å². The molecule has 1 unspecified atom stereocenters. The number of aromatic nitrogens is 1. The number of hydrogen-bond acceptors (Lipinski definition) is 3. The van der Waals surface area contributed by atoms with Gasteiger partial charge in [-0.3, -0.25) is 4.79 Å². The summed E-state index contributed by atoms with van der Waals surface area (Å²) >= 11 is 5.89. The van der Waals surface area contributed by atoms with Crippen molar-refractivity contribution in [2.45, 2.75) is 20.8 Å². The average Bonchev–Trinajstić information content (AvgIpc) is 2.28. The van der Waals surface area contributed by atoms with Gasteiger partial charge in [0.15, 0.2) is 0 Å². The van der Waals surface area contributed by atoms with Crippen LogP contribution in [0.25, 0.3) is 0 Å². The molecule has 0 saturated carbocycles. The summed E-state index contributed by atoms with van der Waals surface area (Å²) in [6, 6.07) is 3.14. The molecule has 17 heavy (non-hydrogen) atoms. The second kappa shape index (κ2) is 5.87. The standard InChI is InChI=1S/C12H18ClN3O/c1-7(2)8(3)6-15-12(17)11-9(13)4-5-10(14)16-11/h4-5,7-8H,6H2,1-3H3,(H2,14,16)(H,15,17). The van der Waals surface area contributed by atoms with Crippen LogP contribution in [0.4, 0.5) is 5.82 Å². The molecule has 1 amide bonds. The minimum atomic E-state index is -0.283. The fourth-order valence-electron chi connectivity index (χ4n) is 1.19. The Labute approximate surface area is 107 Å². The molecule has 0 aliphatic heterocycles. The maximum Gasteiger partial charge on any atom is 0.271 e. The monoisotopic (exact) mass is 255 g/mol. The normalized spacial score (nSPS) is 12.5. The van der Waals surface area contributed by atoms with Crippen molar-refractivity contribution >= 4 is 23.3 Å². The first-order valence-electron chi connectivity index (χ1n) is 5.62. The lowest BCUT2D eigenvalue weighted by atomic mass is 9.98. The molecule has 0 aliphatic carbocycles. The van der Waals surface area contributed by atoms with Crippen molar-refractivity contribution in [2.24, 2.45) is 11.8 Å². The van der Waals surface area contributed by atoms with Crippen LogP contribution in [0.1, 0.15) is 31.3 Å². The molecule has 1 rings (SSSR count). The quantitative estimate of drug-likeness (QED) is 0.868. The largest absolute Gasteiger partial charge is 0.384 e. The molecule has 1 atom stereocenters. The maximum absolute atomic E-state index is 11.8. The van der Waals surface area contributed by atoms with E-state index >= 15 is 0 Å². The van der Waals surface area contributed by atoms with E-state index in [2.05, 4.69) is 31.1 Å². The van der Waals surface area contributed by atoms with Crippen molar-refractivity contribution in [3.63, 3.8) is 0 Å². The van der Waals surface area contributed by atoms with E-state index in [-0.39, 0.29) is 17.4 Å². The third kappa shape index (κ3) is 3.89. The minimum Gasteiger partial charge on any atom is -0.384 e. The van der Waals surface area contributed by atoms with Gasteiger partial charge in [0.2, 0.25) is 0 Å². The Balaban J connectivity index is 2.67. The summed E-state index contributed by atoms with van der Waals surface area (Å²) in [7, 11) is 0. The number of nitrogen functional groups attached to an aromatic ring is 1. The predicted molar refractivity (Wildman–Crippen MR) is 70.0 cm³/mol. The predicted octanol–water partition coefficient (Wildman–Crippen LogP) is 2.34. The van der Waals surface area contributed by atoms with Gasteiger partial charge in [-0.2, -0.15) is 0 Å². The van der Waals surface area contributed by atoms with Gasteiger partial charge >= 0.3 is 0 Å². The summed E-state index contributed by atoms with van der Waals surface area (Å²) in [5.74, 6) is 0.921. The van der Waals surface area contributed by atoms with Crippen molar-refractivity contribution < 1.29 is 4.79 Å². The molecular formula is C12H18ClN3O. The topological polar surface area (TPSA) is 68.0 Å². The van der Waals surface area contributed by atoms with Crippen molar-refractivity contribution in [1.82, 2.24) is 10.3 Å². The molecule has 5 heteroatoms. The molecule has 0 spiro atoms. The lowest BCUT2D eigenvalue weighted by Gasteiger charge is -2.16. The summed E-state index contributed by atoms with van der Waals surface area (Å²) in [5, 5.41) is 3.12. The van der Waals surface area contributed by atoms with Crippen LogP contribution < -0.4 is 11.1 Å². The first-order chi connectivity index (χ1) is 7.91. The Hall–Kier alpha value is -1.29. The Morgan fingerprint density at radius 1 is 1.47 bits per heavy atom. The summed E-state index contributed by atoms with van der Waals surface area (Å²) in [4.78, 5) is 15.8. The highest BCUT2D eigenvalue weighted by atomic mass is 35.5. The SMILES string of the molecule is CC(C)C(C)CNC(=O)c1nc(N)ccc1Cl. The average molecular weight is 256 g/mol. The summed E-state index contributed by atoms with van der Waals surface area (Å²) in [6.45, 7) is 6.91. The van der Waals surface area contributed by atoms with Gasteiger partial charge in [0.05, 0.1) is 5.02 Å². The number of halogens is 1. The van der Waals surface area contributed by atoms with Gasteiger partial charge in [0.1, 0.15) is 11.5 Å². The molecule has 0 aliphatic rings. The summed E-state index contributed by atoms with van der Waals surface area (Å²) in [6.07, 6.45) is 0. The van der Waals surface area contributed by atoms with E-state index in [0.717, 1.165) is 0 Å². The van der Waals surface area contributed by atoms with E-state index in [0.29, 0.717) is 23.4 Å². The fraction of sp³-hybridized carbons (Fsp3) is 0.500. The lowest BCUT2D eigenvalue weighted by Crippen LogP contribution is -2.31. The second-order valence-electron chi connectivity index (χ2n) is 4.50. The smallest absolute Gasteiger partial charge is 0.271 e. The van der Waals surface area contributed by atoms with Crippen LogP contribution in [0.3, 0.4) is 0 Å². The number of pyridine rings is 1. The van der Waals surface area contributed by atoms with E-state index in [4.69, 9.17) is 17.3 Å². The molecule has 94 valence electrons. The number of carbonyl (C=O) groups excluding carboxylic acids is 1. The zero-order valence-corrected chi connectivity index (χ0v) is 11.1. The molecule has 4 nitrogen and oxygen atoms in total. The fourth-order valence-corrected chi connectivity index (χ4v) is 1.38. The highest BCUT2D eigenvalue weighted by molar-refractivity contribution is 6.33. The van der Waals surface area contributed by atoms with Gasteiger partial charge in [-0.05, 0) is 24.0 Å². The summed E-state index contributed by atoms with van der Waals surface area (Å²) < 4.78 is 0. The van der Waals surface area contributed by atoms with Gasteiger partial charge < -0.3 is 11.1 Å². The number of nitrogens with two attached hydrogens (primary N) is 1. The number of hydrogen-bond donors (Lipinski definition) is 2. The van der Waals surface area contributed by atoms with E-state index in [9.17, 15) is 4.79 Å². The number of rotatable bonds is 4. The van der Waals surface area contributed by atoms with Crippen LogP contribution in [0.2, 0.25) is 5.02 Å². The number of anilines is 1. The lowest BCUT2D eigenvalue weighted by molar-refractivity contribution is 0.0940. The van der Waals surface area contributed by atoms with Crippen molar-refractivity contribution in [1.29, 1.82) is 0 Å². The zero-order valence-electron chi connectivity index (χ0n) is 10.3. The van der Waals surface area contributed by atoms with E-state index in [1.165, 1.54) is 0 Å². The van der Waals surface area contributed by atoms with Gasteiger partial charge in [0, 0.05) is 6.54 Å². The molecule has 3 N–H and O–H groups in total. The minimum absolute atomic E-state index is 0.183. The van der Waals surface area contributed by atoms with E-state index < -0.39 is 0 Å². The van der Waals surface area contributed by atoms with Crippen LogP contribution in [0.15, 0.2) is 12.1 Å². The molecule has 0 fully saturated rings. The van der Waals surface area contributed by atoms with Crippen LogP contribution >= 0.6 is 11.6 Å². The highest BCUT2D eigenvalue weighted by Crippen LogP contribution is 2.15. The molecule has 1 aromatic heterocycles. The Bertz CT molecular complexity index is 407. The third-order valence-corrected chi connectivity index (χ3v) is 3.11. The Kier molecular flexibility index (Phi) is 4.75. The van der Waals surface area contributed by atoms with Crippen molar-refractivity contribution in [2.75, 3.05) is 12.3 Å². The molecule has 0 saturated heterocycles. The Morgan fingerprint density at radius 3 is 2.71 bits per heavy atom. The van der Waals surface area contributed by atoms with Crippen LogP contribution in [-0.4, -0.2) is 17.4 Å². The highest BCUT2D eigenvalue weighted by Gasteiger charge is 2.14. The van der Waals surface area contributed by atoms with Crippen molar-refractivity contribution in [3.8, 4) is 0 Å².